The van der Waals surface area contributed by atoms with E-state index in [0.29, 0.717) is 5.75 Å². The first-order valence-electron chi connectivity index (χ1n) is 2.34. The summed E-state index contributed by atoms with van der Waals surface area (Å²) in [7, 11) is 2.61. The van der Waals surface area contributed by atoms with E-state index in [2.05, 4.69) is 0 Å². The smallest absolute Gasteiger partial charge is 0.314 e. The number of carbonyl (C=O) groups is 1. The molecule has 0 amide bonds. The molecule has 0 aromatic heterocycles. The highest BCUT2D eigenvalue weighted by molar-refractivity contribution is 8.76. The number of carboxylic acids is 1. The molecule has 2 N–H and O–H groups in total. The zero-order chi connectivity index (χ0) is 7.11. The molecule has 0 bridgehead atoms. The highest BCUT2D eigenvalue weighted by Crippen LogP contribution is 2.19. The normalized spacial score (nSPS) is 9.44. The Kier molecular flexibility index (Phi) is 6.34. The van der Waals surface area contributed by atoms with Crippen molar-refractivity contribution in [3.05, 3.63) is 0 Å². The molecule has 0 aliphatic carbocycles. The Labute approximate surface area is 61.2 Å². The van der Waals surface area contributed by atoms with Crippen LogP contribution in [0.1, 0.15) is 0 Å². The van der Waals surface area contributed by atoms with E-state index >= 15 is 0 Å². The molecule has 0 aliphatic rings. The van der Waals surface area contributed by atoms with Crippen molar-refractivity contribution in [3.63, 3.8) is 0 Å². The first-order chi connectivity index (χ1) is 4.27. The van der Waals surface area contributed by atoms with Crippen molar-refractivity contribution in [2.75, 3.05) is 18.1 Å². The lowest BCUT2D eigenvalue weighted by atomic mass is 10.8. The molecule has 0 spiro atoms. The molecule has 0 radical (unpaired) electrons. The fourth-order valence-corrected chi connectivity index (χ4v) is 1.69. The molecule has 0 fully saturated rings. The van der Waals surface area contributed by atoms with Gasteiger partial charge in [-0.05, 0) is 0 Å². The number of hydrogen-bond acceptors (Lipinski definition) is 4. The summed E-state index contributed by atoms with van der Waals surface area (Å²) in [5, 5.41) is 16.4. The Morgan fingerprint density at radius 1 is 1.44 bits per heavy atom. The van der Waals surface area contributed by atoms with E-state index in [1.54, 1.807) is 0 Å². The number of carboxylic acid groups (broad SMARTS) is 1. The van der Waals surface area contributed by atoms with Gasteiger partial charge in [-0.1, -0.05) is 21.6 Å². The van der Waals surface area contributed by atoms with E-state index in [1.807, 2.05) is 0 Å². The number of rotatable bonds is 5. The third-order valence-corrected chi connectivity index (χ3v) is 2.67. The van der Waals surface area contributed by atoms with Crippen LogP contribution in [-0.4, -0.2) is 34.3 Å². The molecule has 0 aromatic rings. The second-order valence-electron chi connectivity index (χ2n) is 1.20. The Morgan fingerprint density at radius 3 is 2.56 bits per heavy atom. The van der Waals surface area contributed by atoms with Gasteiger partial charge in [-0.3, -0.25) is 4.79 Å². The van der Waals surface area contributed by atoms with E-state index in [0.717, 1.165) is 0 Å². The minimum Gasteiger partial charge on any atom is -0.481 e. The van der Waals surface area contributed by atoms with Crippen LogP contribution in [-0.2, 0) is 4.79 Å². The molecule has 9 heavy (non-hydrogen) atoms. The first kappa shape index (κ1) is 9.13. The Bertz CT molecular complexity index is 85.9. The van der Waals surface area contributed by atoms with Crippen molar-refractivity contribution in [3.8, 4) is 0 Å². The van der Waals surface area contributed by atoms with Gasteiger partial charge >= 0.3 is 5.97 Å². The van der Waals surface area contributed by atoms with Crippen LogP contribution in [0.3, 0.4) is 0 Å². The summed E-state index contributed by atoms with van der Waals surface area (Å²) in [6.07, 6.45) is 0. The summed E-state index contributed by atoms with van der Waals surface area (Å²) in [5.74, 6) is -0.117. The molecule has 0 heterocycles. The Balaban J connectivity index is 2.83. The van der Waals surface area contributed by atoms with Gasteiger partial charge in [0.05, 0.1) is 6.61 Å². The van der Waals surface area contributed by atoms with E-state index in [4.69, 9.17) is 10.2 Å². The fourth-order valence-electron chi connectivity index (χ4n) is 0.188. The zero-order valence-electron chi connectivity index (χ0n) is 4.74. The summed E-state index contributed by atoms with van der Waals surface area (Å²) in [6.45, 7) is 0.108. The van der Waals surface area contributed by atoms with Crippen molar-refractivity contribution >= 4 is 27.6 Å². The van der Waals surface area contributed by atoms with Crippen LogP contribution in [0.4, 0.5) is 0 Å². The quantitative estimate of drug-likeness (QED) is 0.461. The average molecular weight is 168 g/mol. The Hall–Kier alpha value is 0.130. The minimum absolute atomic E-state index is 0.102. The van der Waals surface area contributed by atoms with Crippen molar-refractivity contribution in [1.29, 1.82) is 0 Å². The number of aliphatic carboxylic acids is 1. The topological polar surface area (TPSA) is 57.5 Å². The van der Waals surface area contributed by atoms with Crippen molar-refractivity contribution in [2.24, 2.45) is 0 Å². The van der Waals surface area contributed by atoms with Crippen LogP contribution < -0.4 is 0 Å². The van der Waals surface area contributed by atoms with Gasteiger partial charge in [0.2, 0.25) is 0 Å². The van der Waals surface area contributed by atoms with Gasteiger partial charge in [-0.2, -0.15) is 0 Å². The van der Waals surface area contributed by atoms with Gasteiger partial charge in [0.1, 0.15) is 5.75 Å². The van der Waals surface area contributed by atoms with Crippen LogP contribution >= 0.6 is 21.6 Å². The zero-order valence-corrected chi connectivity index (χ0v) is 6.37. The fraction of sp³-hybridized carbons (Fsp3) is 0.750. The van der Waals surface area contributed by atoms with E-state index in [9.17, 15) is 4.79 Å². The second kappa shape index (κ2) is 6.25. The highest BCUT2D eigenvalue weighted by Gasteiger charge is 1.95. The lowest BCUT2D eigenvalue weighted by Crippen LogP contribution is -1.96. The maximum absolute atomic E-state index is 9.87. The van der Waals surface area contributed by atoms with Gasteiger partial charge in [0.15, 0.2) is 0 Å². The maximum atomic E-state index is 9.87. The molecule has 0 atom stereocenters. The third kappa shape index (κ3) is 8.13. The summed E-state index contributed by atoms with van der Waals surface area (Å²) in [5.41, 5.74) is 0. The lowest BCUT2D eigenvalue weighted by Gasteiger charge is -1.92. The summed E-state index contributed by atoms with van der Waals surface area (Å²) >= 11 is 0. The largest absolute Gasteiger partial charge is 0.481 e. The summed E-state index contributed by atoms with van der Waals surface area (Å²) < 4.78 is 0. The predicted octanol–water partition coefficient (Wildman–Crippen LogP) is 0.445. The molecular formula is C4H8O3S2. The van der Waals surface area contributed by atoms with Gasteiger partial charge in [-0.15, -0.1) is 0 Å². The molecule has 54 valence electrons. The molecule has 0 aliphatic heterocycles. The monoisotopic (exact) mass is 168 g/mol. The molecule has 0 saturated carbocycles. The first-order valence-corrected chi connectivity index (χ1v) is 4.83. The molecule has 0 rings (SSSR count). The number of aliphatic hydroxyl groups is 1. The Morgan fingerprint density at radius 2 is 2.11 bits per heavy atom. The van der Waals surface area contributed by atoms with E-state index in [1.165, 1.54) is 21.6 Å². The highest BCUT2D eigenvalue weighted by atomic mass is 33.1. The van der Waals surface area contributed by atoms with Gasteiger partial charge in [0, 0.05) is 5.75 Å². The van der Waals surface area contributed by atoms with E-state index < -0.39 is 5.97 Å². The average Bonchev–Trinajstić information content (AvgIpc) is 1.80. The molecule has 0 unspecified atom stereocenters. The van der Waals surface area contributed by atoms with Crippen molar-refractivity contribution < 1.29 is 15.0 Å². The predicted molar refractivity (Wildman–Crippen MR) is 39.6 cm³/mol. The summed E-state index contributed by atoms with van der Waals surface area (Å²) in [6, 6.07) is 0. The van der Waals surface area contributed by atoms with Crippen molar-refractivity contribution in [1.82, 2.24) is 0 Å². The van der Waals surface area contributed by atoms with Crippen molar-refractivity contribution in [2.45, 2.75) is 0 Å². The van der Waals surface area contributed by atoms with Crippen LogP contribution in [0.5, 0.6) is 0 Å². The molecule has 0 saturated heterocycles. The molecule has 0 aromatic carbocycles. The molecule has 5 heteroatoms. The standard InChI is InChI=1S/C4H8O3S2/c5-1-2-8-9-3-4(6)7/h5H,1-3H2,(H,6,7). The van der Waals surface area contributed by atoms with Crippen LogP contribution in [0.2, 0.25) is 0 Å². The SMILES string of the molecule is O=C(O)CSSCCO. The maximum Gasteiger partial charge on any atom is 0.314 e. The second-order valence-corrected chi connectivity index (χ2v) is 3.78. The molecule has 3 nitrogen and oxygen atoms in total. The van der Waals surface area contributed by atoms with Gasteiger partial charge in [-0.25, -0.2) is 0 Å². The molecular weight excluding hydrogens is 160 g/mol. The van der Waals surface area contributed by atoms with E-state index in [-0.39, 0.29) is 12.4 Å². The van der Waals surface area contributed by atoms with Crippen LogP contribution in [0.25, 0.3) is 0 Å². The number of hydrogen-bond donors (Lipinski definition) is 2. The lowest BCUT2D eigenvalue weighted by molar-refractivity contribution is -0.133. The minimum atomic E-state index is -0.814. The van der Waals surface area contributed by atoms with Crippen LogP contribution in [0, 0.1) is 0 Å². The van der Waals surface area contributed by atoms with Gasteiger partial charge < -0.3 is 10.2 Å². The third-order valence-electron chi connectivity index (χ3n) is 0.440. The number of aliphatic hydroxyl groups excluding tert-OH is 1. The summed E-state index contributed by atoms with van der Waals surface area (Å²) in [4.78, 5) is 9.87. The van der Waals surface area contributed by atoms with Gasteiger partial charge in [0.25, 0.3) is 0 Å². The van der Waals surface area contributed by atoms with Crippen LogP contribution in [0.15, 0.2) is 0 Å².